The van der Waals surface area contributed by atoms with E-state index < -0.39 is 23.6 Å². The molecule has 0 aliphatic carbocycles. The van der Waals surface area contributed by atoms with E-state index in [1.807, 2.05) is 0 Å². The summed E-state index contributed by atoms with van der Waals surface area (Å²) in [5.74, 6) is -2.36. The van der Waals surface area contributed by atoms with Crippen LogP contribution in [-0.2, 0) is 9.59 Å². The van der Waals surface area contributed by atoms with E-state index in [-0.39, 0.29) is 52.8 Å². The molecule has 0 saturated heterocycles. The maximum absolute atomic E-state index is 9.90. The fourth-order valence-electron chi connectivity index (χ4n) is 0.253. The molecule has 0 rings (SSSR count). The molecular weight excluding hydrogens is 183 g/mol. The summed E-state index contributed by atoms with van der Waals surface area (Å²) in [6.07, 6.45) is -0.446. The van der Waals surface area contributed by atoms with Crippen LogP contribution in [0, 0.1) is 0 Å². The zero-order valence-electron chi connectivity index (χ0n) is 6.44. The molecule has 0 aliphatic heterocycles. The Hall–Kier alpha value is 0.926. The van der Waals surface area contributed by atoms with Gasteiger partial charge in [-0.1, -0.05) is 0 Å². The number of thiol groups is 1. The van der Waals surface area contributed by atoms with Gasteiger partial charge in [-0.2, -0.15) is 12.6 Å². The summed E-state index contributed by atoms with van der Waals surface area (Å²) < 4.78 is 0. The van der Waals surface area contributed by atoms with Crippen molar-refractivity contribution >= 4 is 24.6 Å². The molecule has 0 aromatic heterocycles. The third-order valence-corrected chi connectivity index (χ3v) is 1.06. The van der Waals surface area contributed by atoms with E-state index >= 15 is 0 Å². The molecule has 1 atom stereocenters. The van der Waals surface area contributed by atoms with Gasteiger partial charge in [-0.25, -0.2) is 0 Å². The van der Waals surface area contributed by atoms with E-state index in [4.69, 9.17) is 10.2 Å². The minimum absolute atomic E-state index is 0. The van der Waals surface area contributed by atoms with Crippen LogP contribution >= 0.6 is 12.6 Å². The normalized spacial score (nSPS) is 11.3. The standard InChI is InChI=1S/C4H6O4S.K.H/c5-3(6)1-2(9)4(7)8;;/h2,9H,1H2,(H,5,6)(H,7,8);;/q;+1;-1. The molecule has 4 nitrogen and oxygen atoms in total. The second kappa shape index (κ2) is 6.63. The Bertz CT molecular complexity index is 142. The van der Waals surface area contributed by atoms with Gasteiger partial charge in [-0.05, 0) is 0 Å². The Morgan fingerprint density at radius 1 is 1.50 bits per heavy atom. The number of carbonyl (C=O) groups is 2. The Morgan fingerprint density at radius 2 is 1.90 bits per heavy atom. The Balaban J connectivity index is -0.000000320. The van der Waals surface area contributed by atoms with Crippen molar-refractivity contribution in [2.24, 2.45) is 0 Å². The average molecular weight is 190 g/mol. The van der Waals surface area contributed by atoms with E-state index in [1.165, 1.54) is 0 Å². The van der Waals surface area contributed by atoms with E-state index in [2.05, 4.69) is 12.6 Å². The van der Waals surface area contributed by atoms with Crippen LogP contribution < -0.4 is 51.4 Å². The van der Waals surface area contributed by atoms with Gasteiger partial charge in [0.1, 0.15) is 5.25 Å². The molecule has 10 heavy (non-hydrogen) atoms. The van der Waals surface area contributed by atoms with Gasteiger partial charge >= 0.3 is 63.3 Å². The van der Waals surface area contributed by atoms with Crippen molar-refractivity contribution in [3.63, 3.8) is 0 Å². The Labute approximate surface area is 107 Å². The first kappa shape index (κ1) is 13.5. The second-order valence-corrected chi connectivity index (χ2v) is 2.08. The smallest absolute Gasteiger partial charge is 1.00 e. The molecule has 0 radical (unpaired) electrons. The second-order valence-electron chi connectivity index (χ2n) is 1.45. The fraction of sp³-hybridized carbons (Fsp3) is 0.500. The van der Waals surface area contributed by atoms with Crippen molar-refractivity contribution in [2.75, 3.05) is 0 Å². The van der Waals surface area contributed by atoms with Crippen molar-refractivity contribution in [1.82, 2.24) is 0 Å². The zero-order valence-corrected chi connectivity index (χ0v) is 9.46. The molecule has 0 amide bonds. The maximum atomic E-state index is 9.90. The third kappa shape index (κ3) is 7.04. The van der Waals surface area contributed by atoms with Gasteiger partial charge in [-0.15, -0.1) is 0 Å². The van der Waals surface area contributed by atoms with Crippen molar-refractivity contribution < 1.29 is 72.6 Å². The summed E-state index contributed by atoms with van der Waals surface area (Å²) >= 11 is 3.48. The number of carboxylic acids is 2. The number of rotatable bonds is 3. The zero-order chi connectivity index (χ0) is 7.44. The molecule has 0 fully saturated rings. The molecule has 0 heterocycles. The quantitative estimate of drug-likeness (QED) is 0.327. The number of carboxylic acid groups (broad SMARTS) is 2. The number of hydrogen-bond acceptors (Lipinski definition) is 3. The molecule has 0 spiro atoms. The summed E-state index contributed by atoms with van der Waals surface area (Å²) in [6.45, 7) is 0. The van der Waals surface area contributed by atoms with Crippen LogP contribution in [-0.4, -0.2) is 27.4 Å². The van der Waals surface area contributed by atoms with E-state index in [1.54, 1.807) is 0 Å². The van der Waals surface area contributed by atoms with Gasteiger partial charge in [0, 0.05) is 0 Å². The van der Waals surface area contributed by atoms with E-state index in [0.717, 1.165) is 0 Å². The van der Waals surface area contributed by atoms with Crippen LogP contribution in [0.15, 0.2) is 0 Å². The van der Waals surface area contributed by atoms with Crippen LogP contribution in [0.5, 0.6) is 0 Å². The molecule has 0 aromatic rings. The molecule has 2 N–H and O–H groups in total. The molecule has 6 heteroatoms. The van der Waals surface area contributed by atoms with Crippen LogP contribution in [0.1, 0.15) is 7.85 Å². The van der Waals surface area contributed by atoms with Gasteiger partial charge in [0.2, 0.25) is 0 Å². The maximum Gasteiger partial charge on any atom is 1.00 e. The summed E-state index contributed by atoms with van der Waals surface area (Å²) in [4.78, 5) is 19.7. The first-order valence-electron chi connectivity index (χ1n) is 2.16. The summed E-state index contributed by atoms with van der Waals surface area (Å²) in [7, 11) is 0. The van der Waals surface area contributed by atoms with Gasteiger partial charge < -0.3 is 11.6 Å². The molecule has 0 saturated carbocycles. The summed E-state index contributed by atoms with van der Waals surface area (Å²) in [5, 5.41) is 15.0. The third-order valence-electron chi connectivity index (χ3n) is 0.653. The number of aliphatic carboxylic acids is 2. The van der Waals surface area contributed by atoms with E-state index in [9.17, 15) is 9.59 Å². The van der Waals surface area contributed by atoms with Crippen molar-refractivity contribution in [3.05, 3.63) is 0 Å². The minimum atomic E-state index is -1.21. The molecule has 1 unspecified atom stereocenters. The average Bonchev–Trinajstić information content (AvgIpc) is 1.63. The Kier molecular flexibility index (Phi) is 8.95. The fourth-order valence-corrected chi connectivity index (χ4v) is 0.409. The Morgan fingerprint density at radius 3 is 2.00 bits per heavy atom. The summed E-state index contributed by atoms with van der Waals surface area (Å²) in [6, 6.07) is 0. The summed E-state index contributed by atoms with van der Waals surface area (Å²) in [5.41, 5.74) is 0. The topological polar surface area (TPSA) is 74.6 Å². The van der Waals surface area contributed by atoms with Gasteiger partial charge in [0.25, 0.3) is 0 Å². The van der Waals surface area contributed by atoms with Crippen LogP contribution in [0.3, 0.4) is 0 Å². The van der Waals surface area contributed by atoms with Crippen LogP contribution in [0.4, 0.5) is 0 Å². The molecule has 0 aliphatic rings. The monoisotopic (exact) mass is 190 g/mol. The van der Waals surface area contributed by atoms with Crippen LogP contribution in [0.25, 0.3) is 0 Å². The molecule has 54 valence electrons. The SMILES string of the molecule is O=C(O)CC(S)C(=O)O.[H-].[K+]. The van der Waals surface area contributed by atoms with Crippen molar-refractivity contribution in [3.8, 4) is 0 Å². The van der Waals surface area contributed by atoms with Crippen LogP contribution in [0.2, 0.25) is 0 Å². The first-order chi connectivity index (χ1) is 4.04. The largest absolute Gasteiger partial charge is 1.00 e. The predicted molar refractivity (Wildman–Crippen MR) is 33.8 cm³/mol. The number of hydrogen-bond donors (Lipinski definition) is 3. The predicted octanol–water partition coefficient (Wildman–Crippen LogP) is -3.04. The molecular formula is C4H7KO4S. The minimum Gasteiger partial charge on any atom is -1.00 e. The van der Waals surface area contributed by atoms with Crippen molar-refractivity contribution in [1.29, 1.82) is 0 Å². The molecule has 0 bridgehead atoms. The van der Waals surface area contributed by atoms with Gasteiger partial charge in [-0.3, -0.25) is 9.59 Å². The first-order valence-corrected chi connectivity index (χ1v) is 2.68. The van der Waals surface area contributed by atoms with Gasteiger partial charge in [0.05, 0.1) is 6.42 Å². The van der Waals surface area contributed by atoms with Crippen molar-refractivity contribution in [2.45, 2.75) is 11.7 Å². The molecule has 0 aromatic carbocycles. The van der Waals surface area contributed by atoms with Gasteiger partial charge in [0.15, 0.2) is 0 Å². The van der Waals surface area contributed by atoms with E-state index in [0.29, 0.717) is 0 Å².